The highest BCUT2D eigenvalue weighted by Gasteiger charge is 2.18. The first-order chi connectivity index (χ1) is 9.40. The molecule has 0 aromatic heterocycles. The Bertz CT molecular complexity index is 598. The van der Waals surface area contributed by atoms with Gasteiger partial charge in [0.2, 0.25) is 10.0 Å². The van der Waals surface area contributed by atoms with Crippen LogP contribution in [0.4, 0.5) is 0 Å². The van der Waals surface area contributed by atoms with E-state index in [0.29, 0.717) is 0 Å². The van der Waals surface area contributed by atoms with E-state index in [4.69, 9.17) is 21.6 Å². The molecule has 0 bridgehead atoms. The highest BCUT2D eigenvalue weighted by atomic mass is 35.5. The number of nitrogens with one attached hydrogen (secondary N) is 1. The maximum Gasteiger partial charge on any atom is 0.242 e. The molecule has 20 heavy (non-hydrogen) atoms. The predicted molar refractivity (Wildman–Crippen MR) is 73.9 cm³/mol. The van der Waals surface area contributed by atoms with Crippen molar-refractivity contribution < 1.29 is 18.3 Å². The van der Waals surface area contributed by atoms with E-state index in [1.807, 2.05) is 6.07 Å². The molecule has 0 saturated heterocycles. The summed E-state index contributed by atoms with van der Waals surface area (Å²) in [6.45, 7) is 0.197. The lowest BCUT2D eigenvalue weighted by Gasteiger charge is -2.11. The molecular formula is C12H15ClN2O4S. The van der Waals surface area contributed by atoms with E-state index >= 15 is 0 Å². The summed E-state index contributed by atoms with van der Waals surface area (Å²) in [5, 5.41) is 18.1. The molecule has 0 radical (unpaired) electrons. The molecule has 0 amide bonds. The Hall–Kier alpha value is -1.17. The van der Waals surface area contributed by atoms with Gasteiger partial charge < -0.3 is 9.84 Å². The summed E-state index contributed by atoms with van der Waals surface area (Å²) in [7, 11) is -2.32. The second-order valence-corrected chi connectivity index (χ2v) is 6.20. The van der Waals surface area contributed by atoms with E-state index in [-0.39, 0.29) is 35.1 Å². The maximum atomic E-state index is 12.0. The van der Waals surface area contributed by atoms with Crippen LogP contribution in [0.1, 0.15) is 12.0 Å². The van der Waals surface area contributed by atoms with Gasteiger partial charge in [0.25, 0.3) is 0 Å². The van der Waals surface area contributed by atoms with Crippen LogP contribution in [-0.4, -0.2) is 39.9 Å². The zero-order valence-electron chi connectivity index (χ0n) is 10.8. The Kier molecular flexibility index (Phi) is 6.39. The fraction of sp³-hybridized carbons (Fsp3) is 0.417. The molecule has 1 aromatic carbocycles. The first-order valence-electron chi connectivity index (χ1n) is 5.77. The molecule has 0 aliphatic carbocycles. The Labute approximate surface area is 123 Å². The third-order valence-electron chi connectivity index (χ3n) is 2.48. The van der Waals surface area contributed by atoms with Gasteiger partial charge in [-0.15, -0.1) is 0 Å². The molecule has 0 aliphatic rings. The summed E-state index contributed by atoms with van der Waals surface area (Å²) >= 11 is 5.84. The van der Waals surface area contributed by atoms with E-state index < -0.39 is 16.1 Å². The third-order valence-corrected chi connectivity index (χ3v) is 4.42. The average molecular weight is 319 g/mol. The fourth-order valence-electron chi connectivity index (χ4n) is 1.50. The van der Waals surface area contributed by atoms with Crippen molar-refractivity contribution in [3.05, 3.63) is 28.8 Å². The Morgan fingerprint density at radius 2 is 2.25 bits per heavy atom. The van der Waals surface area contributed by atoms with Crippen LogP contribution in [0.3, 0.4) is 0 Å². The number of nitrogens with zero attached hydrogens (tertiary/aromatic N) is 1. The number of halogens is 1. The Morgan fingerprint density at radius 1 is 1.55 bits per heavy atom. The zero-order valence-corrected chi connectivity index (χ0v) is 12.4. The Balaban J connectivity index is 2.72. The number of aliphatic hydroxyl groups is 1. The van der Waals surface area contributed by atoms with Crippen molar-refractivity contribution >= 4 is 21.6 Å². The van der Waals surface area contributed by atoms with Crippen molar-refractivity contribution in [2.24, 2.45) is 0 Å². The van der Waals surface area contributed by atoms with Gasteiger partial charge in [-0.3, -0.25) is 0 Å². The molecule has 1 rings (SSSR count). The Morgan fingerprint density at radius 3 is 2.80 bits per heavy atom. The smallest absolute Gasteiger partial charge is 0.242 e. The van der Waals surface area contributed by atoms with Gasteiger partial charge >= 0.3 is 0 Å². The largest absolute Gasteiger partial charge is 0.391 e. The van der Waals surface area contributed by atoms with E-state index in [1.165, 1.54) is 25.3 Å². The number of nitriles is 1. The minimum Gasteiger partial charge on any atom is -0.391 e. The lowest BCUT2D eigenvalue weighted by Crippen LogP contribution is -2.28. The van der Waals surface area contributed by atoms with Gasteiger partial charge in [0.05, 0.1) is 29.4 Å². The second kappa shape index (κ2) is 7.57. The fourth-order valence-corrected chi connectivity index (χ4v) is 3.09. The van der Waals surface area contributed by atoms with Gasteiger partial charge in [0.15, 0.2) is 0 Å². The molecule has 1 unspecified atom stereocenters. The first-order valence-corrected chi connectivity index (χ1v) is 7.63. The van der Waals surface area contributed by atoms with E-state index in [9.17, 15) is 13.5 Å². The second-order valence-electron chi connectivity index (χ2n) is 4.05. The summed E-state index contributed by atoms with van der Waals surface area (Å²) < 4.78 is 31.1. The SMILES string of the molecule is COCC(O)CCNS(=O)(=O)c1ccc(C#N)cc1Cl. The number of rotatable bonds is 7. The first kappa shape index (κ1) is 16.9. The molecule has 2 N–H and O–H groups in total. The van der Waals surface area contributed by atoms with Crippen molar-refractivity contribution in [2.45, 2.75) is 17.4 Å². The van der Waals surface area contributed by atoms with Crippen molar-refractivity contribution in [3.8, 4) is 6.07 Å². The van der Waals surface area contributed by atoms with Crippen molar-refractivity contribution in [2.75, 3.05) is 20.3 Å². The van der Waals surface area contributed by atoms with Gasteiger partial charge in [-0.25, -0.2) is 13.1 Å². The zero-order chi connectivity index (χ0) is 15.2. The topological polar surface area (TPSA) is 99.4 Å². The minimum atomic E-state index is -3.77. The van der Waals surface area contributed by atoms with Gasteiger partial charge in [0.1, 0.15) is 4.90 Å². The predicted octanol–water partition coefficient (Wildman–Crippen LogP) is 0.887. The van der Waals surface area contributed by atoms with Crippen LogP contribution in [0, 0.1) is 11.3 Å². The number of ether oxygens (including phenoxy) is 1. The highest BCUT2D eigenvalue weighted by molar-refractivity contribution is 7.89. The van der Waals surface area contributed by atoms with Crippen LogP contribution in [0.2, 0.25) is 5.02 Å². The molecule has 0 heterocycles. The quantitative estimate of drug-likeness (QED) is 0.777. The lowest BCUT2D eigenvalue weighted by atomic mass is 10.2. The van der Waals surface area contributed by atoms with Crippen molar-refractivity contribution in [1.82, 2.24) is 4.72 Å². The van der Waals surface area contributed by atoms with Crippen LogP contribution < -0.4 is 4.72 Å². The summed E-state index contributed by atoms with van der Waals surface area (Å²) in [6, 6.07) is 5.81. The van der Waals surface area contributed by atoms with Crippen LogP contribution in [0.5, 0.6) is 0 Å². The van der Waals surface area contributed by atoms with Crippen LogP contribution in [-0.2, 0) is 14.8 Å². The summed E-state index contributed by atoms with van der Waals surface area (Å²) in [6.07, 6.45) is -0.514. The van der Waals surface area contributed by atoms with E-state index in [2.05, 4.69) is 4.72 Å². The monoisotopic (exact) mass is 318 g/mol. The molecule has 1 aromatic rings. The lowest BCUT2D eigenvalue weighted by molar-refractivity contribution is 0.0603. The summed E-state index contributed by atoms with van der Waals surface area (Å²) in [5.74, 6) is 0. The number of hydrogen-bond donors (Lipinski definition) is 2. The van der Waals surface area contributed by atoms with Crippen molar-refractivity contribution in [1.29, 1.82) is 5.26 Å². The van der Waals surface area contributed by atoms with Crippen molar-refractivity contribution in [3.63, 3.8) is 0 Å². The third kappa shape index (κ3) is 4.74. The number of methoxy groups -OCH3 is 1. The van der Waals surface area contributed by atoms with Gasteiger partial charge in [-0.1, -0.05) is 11.6 Å². The molecule has 0 aliphatic heterocycles. The van der Waals surface area contributed by atoms with E-state index in [1.54, 1.807) is 0 Å². The van der Waals surface area contributed by atoms with Gasteiger partial charge in [-0.05, 0) is 24.6 Å². The highest BCUT2D eigenvalue weighted by Crippen LogP contribution is 2.22. The standard InChI is InChI=1S/C12H15ClN2O4S/c1-19-8-10(16)4-5-15-20(17,18)12-3-2-9(7-14)6-11(12)13/h2-3,6,10,15-16H,4-5,8H2,1H3. The molecule has 8 heteroatoms. The molecule has 110 valence electrons. The number of hydrogen-bond acceptors (Lipinski definition) is 5. The van der Waals surface area contributed by atoms with Crippen LogP contribution >= 0.6 is 11.6 Å². The molecule has 6 nitrogen and oxygen atoms in total. The molecule has 0 spiro atoms. The molecular weight excluding hydrogens is 304 g/mol. The number of aliphatic hydroxyl groups excluding tert-OH is 1. The molecule has 0 saturated carbocycles. The number of sulfonamides is 1. The average Bonchev–Trinajstić information content (AvgIpc) is 2.38. The number of benzene rings is 1. The van der Waals surface area contributed by atoms with E-state index in [0.717, 1.165) is 0 Å². The minimum absolute atomic E-state index is 0.0195. The summed E-state index contributed by atoms with van der Waals surface area (Å²) in [4.78, 5) is -0.0978. The van der Waals surface area contributed by atoms with Crippen LogP contribution in [0.25, 0.3) is 0 Å². The molecule has 1 atom stereocenters. The maximum absolute atomic E-state index is 12.0. The van der Waals surface area contributed by atoms with Gasteiger partial charge in [-0.2, -0.15) is 5.26 Å². The van der Waals surface area contributed by atoms with Gasteiger partial charge in [0, 0.05) is 13.7 Å². The van der Waals surface area contributed by atoms with Crippen LogP contribution in [0.15, 0.2) is 23.1 Å². The summed E-state index contributed by atoms with van der Waals surface area (Å²) in [5.41, 5.74) is 0.282. The molecule has 0 fully saturated rings. The normalized spacial score (nSPS) is 12.9.